The van der Waals surface area contributed by atoms with Crippen LogP contribution in [0.25, 0.3) is 0 Å². The summed E-state index contributed by atoms with van der Waals surface area (Å²) in [6.07, 6.45) is 3.03. The minimum Gasteiger partial charge on any atom is -0.395 e. The first-order valence-electron chi connectivity index (χ1n) is 7.00. The molecule has 0 aliphatic carbocycles. The lowest BCUT2D eigenvalue weighted by Crippen LogP contribution is -2.32. The molecule has 2 heterocycles. The molecule has 19 heavy (non-hydrogen) atoms. The Morgan fingerprint density at radius 2 is 2.05 bits per heavy atom. The predicted molar refractivity (Wildman–Crippen MR) is 77.2 cm³/mol. The minimum atomic E-state index is 0.260. The van der Waals surface area contributed by atoms with E-state index in [4.69, 9.17) is 5.11 Å². The van der Waals surface area contributed by atoms with Gasteiger partial charge in [0, 0.05) is 39.4 Å². The molecule has 0 bridgehead atoms. The summed E-state index contributed by atoms with van der Waals surface area (Å²) >= 11 is 0. The van der Waals surface area contributed by atoms with E-state index >= 15 is 0 Å². The molecule has 106 valence electrons. The second-order valence-corrected chi connectivity index (χ2v) is 4.99. The van der Waals surface area contributed by atoms with Gasteiger partial charge >= 0.3 is 0 Å². The van der Waals surface area contributed by atoms with Crippen LogP contribution in [-0.2, 0) is 6.54 Å². The van der Waals surface area contributed by atoms with Gasteiger partial charge in [-0.3, -0.25) is 9.80 Å². The van der Waals surface area contributed by atoms with Gasteiger partial charge in [-0.1, -0.05) is 0 Å². The van der Waals surface area contributed by atoms with Gasteiger partial charge in [0.05, 0.1) is 6.61 Å². The molecule has 2 N–H and O–H groups in total. The molecule has 1 aliphatic heterocycles. The first-order chi connectivity index (χ1) is 9.31. The standard InChI is InChI=1S/C14H24N4O/c1-15-14-11-13(3-4-16-14)12-18-6-2-5-17(7-8-18)9-10-19/h3-4,11,19H,2,5-10,12H2,1H3,(H,15,16). The van der Waals surface area contributed by atoms with Crippen LogP contribution < -0.4 is 5.32 Å². The summed E-state index contributed by atoms with van der Waals surface area (Å²) in [6.45, 7) is 6.36. The Kier molecular flexibility index (Phi) is 5.57. The molecule has 0 atom stereocenters. The number of aliphatic hydroxyl groups excluding tert-OH is 1. The highest BCUT2D eigenvalue weighted by Gasteiger charge is 2.14. The molecule has 0 radical (unpaired) electrons. The van der Waals surface area contributed by atoms with Crippen molar-refractivity contribution in [2.24, 2.45) is 0 Å². The van der Waals surface area contributed by atoms with Crippen molar-refractivity contribution in [1.29, 1.82) is 0 Å². The van der Waals surface area contributed by atoms with E-state index in [0.29, 0.717) is 0 Å². The van der Waals surface area contributed by atoms with E-state index in [1.807, 2.05) is 13.2 Å². The van der Waals surface area contributed by atoms with Crippen LogP contribution in [0.4, 0.5) is 5.82 Å². The van der Waals surface area contributed by atoms with Crippen LogP contribution in [0, 0.1) is 0 Å². The molecular weight excluding hydrogens is 240 g/mol. The zero-order valence-corrected chi connectivity index (χ0v) is 11.7. The Bertz CT molecular complexity index is 385. The van der Waals surface area contributed by atoms with Gasteiger partial charge in [-0.25, -0.2) is 4.98 Å². The molecule has 5 heteroatoms. The molecule has 1 fully saturated rings. The first kappa shape index (κ1) is 14.2. The first-order valence-corrected chi connectivity index (χ1v) is 7.00. The Labute approximate surface area is 115 Å². The number of pyridine rings is 1. The molecule has 0 saturated carbocycles. The smallest absolute Gasteiger partial charge is 0.125 e. The van der Waals surface area contributed by atoms with E-state index in [9.17, 15) is 0 Å². The van der Waals surface area contributed by atoms with E-state index < -0.39 is 0 Å². The van der Waals surface area contributed by atoms with Crippen LogP contribution in [0.3, 0.4) is 0 Å². The summed E-state index contributed by atoms with van der Waals surface area (Å²) in [6, 6.07) is 4.19. The number of hydrogen-bond donors (Lipinski definition) is 2. The SMILES string of the molecule is CNc1cc(CN2CCCN(CCO)CC2)ccn1. The van der Waals surface area contributed by atoms with Gasteiger partial charge in [0.1, 0.15) is 5.82 Å². The van der Waals surface area contributed by atoms with Crippen LogP contribution in [0.2, 0.25) is 0 Å². The molecule has 1 aromatic heterocycles. The average Bonchev–Trinajstić information content (AvgIpc) is 2.65. The lowest BCUT2D eigenvalue weighted by Gasteiger charge is -2.21. The fraction of sp³-hybridized carbons (Fsp3) is 0.643. The summed E-state index contributed by atoms with van der Waals surface area (Å²) in [5, 5.41) is 12.1. The number of anilines is 1. The Morgan fingerprint density at radius 3 is 2.84 bits per heavy atom. The maximum absolute atomic E-state index is 9.00. The highest BCUT2D eigenvalue weighted by molar-refractivity contribution is 5.36. The minimum absolute atomic E-state index is 0.260. The fourth-order valence-electron chi connectivity index (χ4n) is 2.52. The topological polar surface area (TPSA) is 51.6 Å². The van der Waals surface area contributed by atoms with Crippen molar-refractivity contribution in [2.75, 3.05) is 51.7 Å². The van der Waals surface area contributed by atoms with E-state index in [1.165, 1.54) is 12.0 Å². The molecule has 1 aliphatic rings. The highest BCUT2D eigenvalue weighted by atomic mass is 16.3. The van der Waals surface area contributed by atoms with Crippen LogP contribution in [-0.4, -0.2) is 66.3 Å². The third-order valence-corrected chi connectivity index (χ3v) is 3.58. The molecule has 0 spiro atoms. The second-order valence-electron chi connectivity index (χ2n) is 4.99. The van der Waals surface area contributed by atoms with Crippen LogP contribution >= 0.6 is 0 Å². The zero-order chi connectivity index (χ0) is 13.5. The summed E-state index contributed by atoms with van der Waals surface area (Å²) in [5.41, 5.74) is 1.30. The normalized spacial score (nSPS) is 18.2. The average molecular weight is 264 g/mol. The summed E-state index contributed by atoms with van der Waals surface area (Å²) in [5.74, 6) is 0.925. The molecular formula is C14H24N4O. The fourth-order valence-corrected chi connectivity index (χ4v) is 2.52. The van der Waals surface area contributed by atoms with Gasteiger partial charge in [0.25, 0.3) is 0 Å². The molecule has 5 nitrogen and oxygen atoms in total. The van der Waals surface area contributed by atoms with E-state index in [1.54, 1.807) is 0 Å². The van der Waals surface area contributed by atoms with E-state index in [0.717, 1.165) is 45.1 Å². The van der Waals surface area contributed by atoms with Gasteiger partial charge in [-0.2, -0.15) is 0 Å². The summed E-state index contributed by atoms with van der Waals surface area (Å²) in [7, 11) is 1.89. The third-order valence-electron chi connectivity index (χ3n) is 3.58. The van der Waals surface area contributed by atoms with Crippen molar-refractivity contribution >= 4 is 5.82 Å². The van der Waals surface area contributed by atoms with Gasteiger partial charge in [0.2, 0.25) is 0 Å². The monoisotopic (exact) mass is 264 g/mol. The third kappa shape index (κ3) is 4.45. The number of nitrogens with one attached hydrogen (secondary N) is 1. The predicted octanol–water partition coefficient (Wildman–Crippen LogP) is 0.623. The molecule has 0 amide bonds. The lowest BCUT2D eigenvalue weighted by molar-refractivity contribution is 0.196. The van der Waals surface area contributed by atoms with Crippen LogP contribution in [0.15, 0.2) is 18.3 Å². The van der Waals surface area contributed by atoms with Crippen molar-refractivity contribution in [3.05, 3.63) is 23.9 Å². The largest absolute Gasteiger partial charge is 0.395 e. The van der Waals surface area contributed by atoms with E-state index in [2.05, 4.69) is 32.2 Å². The Hall–Kier alpha value is -1.17. The second kappa shape index (κ2) is 7.43. The number of aliphatic hydroxyl groups is 1. The number of aromatic nitrogens is 1. The lowest BCUT2D eigenvalue weighted by atomic mass is 10.2. The number of hydrogen-bond acceptors (Lipinski definition) is 5. The van der Waals surface area contributed by atoms with Gasteiger partial charge in [-0.05, 0) is 37.2 Å². The maximum Gasteiger partial charge on any atom is 0.125 e. The number of nitrogens with zero attached hydrogens (tertiary/aromatic N) is 3. The Balaban J connectivity index is 1.88. The summed E-state index contributed by atoms with van der Waals surface area (Å²) < 4.78 is 0. The van der Waals surface area contributed by atoms with Crippen molar-refractivity contribution in [3.8, 4) is 0 Å². The van der Waals surface area contributed by atoms with E-state index in [-0.39, 0.29) is 6.61 Å². The number of rotatable bonds is 5. The quantitative estimate of drug-likeness (QED) is 0.817. The summed E-state index contributed by atoms with van der Waals surface area (Å²) in [4.78, 5) is 9.06. The van der Waals surface area contributed by atoms with Crippen molar-refractivity contribution in [2.45, 2.75) is 13.0 Å². The maximum atomic E-state index is 9.00. The molecule has 0 aromatic carbocycles. The van der Waals surface area contributed by atoms with Gasteiger partial charge in [-0.15, -0.1) is 0 Å². The van der Waals surface area contributed by atoms with Crippen LogP contribution in [0.1, 0.15) is 12.0 Å². The van der Waals surface area contributed by atoms with Gasteiger partial charge in [0.15, 0.2) is 0 Å². The molecule has 1 saturated heterocycles. The van der Waals surface area contributed by atoms with Crippen molar-refractivity contribution in [1.82, 2.24) is 14.8 Å². The zero-order valence-electron chi connectivity index (χ0n) is 11.7. The number of β-amino-alcohol motifs (C(OH)–C–C–N with tert-alkyl or cyclic N) is 1. The van der Waals surface area contributed by atoms with Gasteiger partial charge < -0.3 is 10.4 Å². The highest BCUT2D eigenvalue weighted by Crippen LogP contribution is 2.11. The molecule has 0 unspecified atom stereocenters. The molecule has 1 aromatic rings. The Morgan fingerprint density at radius 1 is 1.26 bits per heavy atom. The van der Waals surface area contributed by atoms with Crippen molar-refractivity contribution in [3.63, 3.8) is 0 Å². The molecule has 2 rings (SSSR count). The van der Waals surface area contributed by atoms with Crippen molar-refractivity contribution < 1.29 is 5.11 Å². The van der Waals surface area contributed by atoms with Crippen LogP contribution in [0.5, 0.6) is 0 Å².